The maximum Gasteiger partial charge on any atom is 0.405 e. The summed E-state index contributed by atoms with van der Waals surface area (Å²) < 4.78 is 7.70. The number of carboxylic acid groups (broad SMARTS) is 1. The third kappa shape index (κ3) is 3.57. The van der Waals surface area contributed by atoms with E-state index in [4.69, 9.17) is 14.8 Å². The quantitative estimate of drug-likeness (QED) is 0.387. The van der Waals surface area contributed by atoms with E-state index in [-0.39, 0.29) is 0 Å². The molecule has 174 valence electrons. The van der Waals surface area contributed by atoms with Gasteiger partial charge in [-0.3, -0.25) is 0 Å². The second-order valence-electron chi connectivity index (χ2n) is 8.84. The molecular formula is C27H28N4O3. The van der Waals surface area contributed by atoms with Crippen LogP contribution < -0.4 is 10.1 Å². The molecule has 7 nitrogen and oxygen atoms in total. The van der Waals surface area contributed by atoms with E-state index in [1.165, 1.54) is 0 Å². The Bertz CT molecular complexity index is 1360. The Morgan fingerprint density at radius 2 is 1.76 bits per heavy atom. The molecule has 34 heavy (non-hydrogen) atoms. The van der Waals surface area contributed by atoms with Crippen LogP contribution in [0.25, 0.3) is 28.2 Å². The molecule has 7 heteroatoms. The van der Waals surface area contributed by atoms with Crippen LogP contribution in [0.2, 0.25) is 0 Å². The molecule has 1 saturated carbocycles. The Kier molecular flexibility index (Phi) is 5.48. The van der Waals surface area contributed by atoms with Gasteiger partial charge in [-0.05, 0) is 45.6 Å². The highest BCUT2D eigenvalue weighted by atomic mass is 16.5. The predicted molar refractivity (Wildman–Crippen MR) is 131 cm³/mol. The highest BCUT2D eigenvalue weighted by Gasteiger charge is 2.40. The Morgan fingerprint density at radius 3 is 2.35 bits per heavy atom. The number of nitrogens with one attached hydrogen (secondary N) is 1. The van der Waals surface area contributed by atoms with E-state index in [1.54, 1.807) is 0 Å². The monoisotopic (exact) mass is 456 g/mol. The smallest absolute Gasteiger partial charge is 0.405 e. The van der Waals surface area contributed by atoms with Crippen LogP contribution >= 0.6 is 0 Å². The van der Waals surface area contributed by atoms with Gasteiger partial charge in [0.2, 0.25) is 5.88 Å². The second-order valence-corrected chi connectivity index (χ2v) is 8.84. The lowest BCUT2D eigenvalue weighted by atomic mass is 9.72. The van der Waals surface area contributed by atoms with Gasteiger partial charge < -0.3 is 15.2 Å². The van der Waals surface area contributed by atoms with Crippen molar-refractivity contribution >= 4 is 11.7 Å². The van der Waals surface area contributed by atoms with Crippen LogP contribution in [0.4, 0.5) is 4.79 Å². The predicted octanol–water partition coefficient (Wildman–Crippen LogP) is 5.73. The molecule has 0 bridgehead atoms. The zero-order valence-electron chi connectivity index (χ0n) is 19.6. The minimum atomic E-state index is -0.988. The molecule has 0 radical (unpaired) electrons. The minimum Gasteiger partial charge on any atom is -0.477 e. The fourth-order valence-electron chi connectivity index (χ4n) is 4.74. The van der Waals surface area contributed by atoms with E-state index in [2.05, 4.69) is 17.4 Å². The van der Waals surface area contributed by atoms with E-state index in [9.17, 15) is 9.90 Å². The maximum atomic E-state index is 11.4. The summed E-state index contributed by atoms with van der Waals surface area (Å²) in [6.07, 6.45) is 1.65. The van der Waals surface area contributed by atoms with Crippen LogP contribution in [0.5, 0.6) is 5.88 Å². The number of hydrogen-bond donors (Lipinski definition) is 2. The average Bonchev–Trinajstić information content (AvgIpc) is 3.20. The molecule has 0 aliphatic heterocycles. The Hall–Kier alpha value is -3.87. The first-order chi connectivity index (χ1) is 16.4. The molecule has 0 atom stereocenters. The van der Waals surface area contributed by atoms with Gasteiger partial charge in [0.05, 0.1) is 17.8 Å². The highest BCUT2D eigenvalue weighted by molar-refractivity contribution is 5.82. The van der Waals surface area contributed by atoms with Crippen LogP contribution in [-0.2, 0) is 5.54 Å². The van der Waals surface area contributed by atoms with E-state index >= 15 is 0 Å². The average molecular weight is 457 g/mol. The van der Waals surface area contributed by atoms with E-state index in [1.807, 2.05) is 67.8 Å². The number of benzene rings is 2. The van der Waals surface area contributed by atoms with E-state index < -0.39 is 11.6 Å². The fourth-order valence-corrected chi connectivity index (χ4v) is 4.74. The van der Waals surface area contributed by atoms with Crippen molar-refractivity contribution in [3.63, 3.8) is 0 Å². The second kappa shape index (κ2) is 8.48. The summed E-state index contributed by atoms with van der Waals surface area (Å²) in [5.41, 5.74) is 6.98. The Balaban J connectivity index is 1.67. The molecule has 2 N–H and O–H groups in total. The largest absolute Gasteiger partial charge is 0.477 e. The van der Waals surface area contributed by atoms with Crippen molar-refractivity contribution in [3.05, 3.63) is 71.3 Å². The Labute approximate surface area is 198 Å². The molecule has 0 unspecified atom stereocenters. The minimum absolute atomic E-state index is 0.493. The number of amides is 1. The fraction of sp³-hybridized carbons (Fsp3) is 0.296. The van der Waals surface area contributed by atoms with E-state index in [0.717, 1.165) is 64.1 Å². The molecule has 2 aromatic heterocycles. The van der Waals surface area contributed by atoms with Gasteiger partial charge in [-0.15, -0.1) is 5.10 Å². The van der Waals surface area contributed by atoms with Crippen LogP contribution in [0.3, 0.4) is 0 Å². The molecule has 1 amide bonds. The standard InChI is InChI=1S/C27H28N4O3/c1-4-34-25-18(3)17(2)24-28-22(23(31(24)30-25)20-9-6-5-7-10-20)19-11-13-21(14-12-19)27(15-8-16-27)29-26(32)33/h5-7,9-14,29H,4,8,15-16H2,1-3H3,(H,32,33). The van der Waals surface area contributed by atoms with Crippen LogP contribution in [-0.4, -0.2) is 32.4 Å². The third-order valence-electron chi connectivity index (χ3n) is 6.86. The van der Waals surface area contributed by atoms with Crippen molar-refractivity contribution < 1.29 is 14.6 Å². The number of fused-ring (bicyclic) bond motifs is 1. The van der Waals surface area contributed by atoms with Crippen molar-refractivity contribution in [1.29, 1.82) is 0 Å². The number of aromatic nitrogens is 3. The molecule has 1 fully saturated rings. The lowest BCUT2D eigenvalue weighted by Gasteiger charge is -2.42. The Morgan fingerprint density at radius 1 is 1.06 bits per heavy atom. The zero-order valence-corrected chi connectivity index (χ0v) is 19.6. The number of ether oxygens (including phenoxy) is 1. The first kappa shape index (κ1) is 21.9. The van der Waals surface area contributed by atoms with Crippen molar-refractivity contribution in [2.24, 2.45) is 0 Å². The van der Waals surface area contributed by atoms with Crippen molar-refractivity contribution in [3.8, 4) is 28.4 Å². The van der Waals surface area contributed by atoms with Crippen LogP contribution in [0.1, 0.15) is 42.9 Å². The molecule has 1 aliphatic rings. The molecule has 2 heterocycles. The first-order valence-corrected chi connectivity index (χ1v) is 11.6. The van der Waals surface area contributed by atoms with Gasteiger partial charge in [-0.1, -0.05) is 54.6 Å². The molecule has 5 rings (SSSR count). The summed E-state index contributed by atoms with van der Waals surface area (Å²) in [5, 5.41) is 16.9. The number of nitrogens with zero attached hydrogens (tertiary/aromatic N) is 3. The zero-order chi connectivity index (χ0) is 23.9. The number of aryl methyl sites for hydroxylation is 1. The summed E-state index contributed by atoms with van der Waals surface area (Å²) in [5.74, 6) is 0.607. The summed E-state index contributed by atoms with van der Waals surface area (Å²) in [6, 6.07) is 18.2. The third-order valence-corrected chi connectivity index (χ3v) is 6.86. The molecule has 0 spiro atoms. The normalized spacial score (nSPS) is 14.6. The van der Waals surface area contributed by atoms with Gasteiger partial charge in [0, 0.05) is 22.3 Å². The lowest BCUT2D eigenvalue weighted by Crippen LogP contribution is -2.50. The van der Waals surface area contributed by atoms with Crippen LogP contribution in [0, 0.1) is 13.8 Å². The molecular weight excluding hydrogens is 428 g/mol. The van der Waals surface area contributed by atoms with Crippen molar-refractivity contribution in [1.82, 2.24) is 19.9 Å². The van der Waals surface area contributed by atoms with Gasteiger partial charge in [-0.25, -0.2) is 14.3 Å². The molecule has 4 aromatic rings. The summed E-state index contributed by atoms with van der Waals surface area (Å²) in [7, 11) is 0. The van der Waals surface area contributed by atoms with Gasteiger partial charge in [0.15, 0.2) is 5.65 Å². The SMILES string of the molecule is CCOc1nn2c(-c3ccccc3)c(-c3ccc(C4(NC(=O)O)CCC4)cc3)nc2c(C)c1C. The maximum absolute atomic E-state index is 11.4. The highest BCUT2D eigenvalue weighted by Crippen LogP contribution is 2.42. The summed E-state index contributed by atoms with van der Waals surface area (Å²) in [4.78, 5) is 16.4. The number of imidazole rings is 1. The van der Waals surface area contributed by atoms with Crippen LogP contribution in [0.15, 0.2) is 54.6 Å². The summed E-state index contributed by atoms with van der Waals surface area (Å²) in [6.45, 7) is 6.54. The van der Waals surface area contributed by atoms with Gasteiger partial charge in [0.1, 0.15) is 5.69 Å². The first-order valence-electron chi connectivity index (χ1n) is 11.6. The number of rotatable bonds is 6. The summed E-state index contributed by atoms with van der Waals surface area (Å²) >= 11 is 0. The van der Waals surface area contributed by atoms with Crippen molar-refractivity contribution in [2.45, 2.75) is 45.6 Å². The molecule has 2 aromatic carbocycles. The van der Waals surface area contributed by atoms with Crippen molar-refractivity contribution in [2.75, 3.05) is 6.61 Å². The lowest BCUT2D eigenvalue weighted by molar-refractivity contribution is 0.144. The molecule has 1 aliphatic carbocycles. The van der Waals surface area contributed by atoms with Gasteiger partial charge in [0.25, 0.3) is 0 Å². The number of carbonyl (C=O) groups is 1. The molecule has 0 saturated heterocycles. The topological polar surface area (TPSA) is 88.8 Å². The number of hydrogen-bond acceptors (Lipinski definition) is 4. The van der Waals surface area contributed by atoms with Gasteiger partial charge in [-0.2, -0.15) is 0 Å². The van der Waals surface area contributed by atoms with E-state index in [0.29, 0.717) is 12.5 Å². The van der Waals surface area contributed by atoms with Gasteiger partial charge >= 0.3 is 6.09 Å².